The Hall–Kier alpha value is -0.830. The standard InChI is InChI=1S/C13H25N3/c1-6-13(10(2)3)14-7-12-8-15-16(9-12)11(4)5/h8-11,13-14H,6-7H2,1-5H3. The van der Waals surface area contributed by atoms with Crippen LogP contribution in [0.2, 0.25) is 0 Å². The second kappa shape index (κ2) is 6.04. The van der Waals surface area contributed by atoms with E-state index in [2.05, 4.69) is 51.2 Å². The molecule has 0 aliphatic rings. The van der Waals surface area contributed by atoms with Gasteiger partial charge < -0.3 is 5.32 Å². The Bertz CT molecular complexity index is 302. The van der Waals surface area contributed by atoms with Crippen molar-refractivity contribution in [1.29, 1.82) is 0 Å². The summed E-state index contributed by atoms with van der Waals surface area (Å²) in [6.07, 6.45) is 5.26. The molecule has 0 fully saturated rings. The maximum atomic E-state index is 4.34. The van der Waals surface area contributed by atoms with E-state index >= 15 is 0 Å². The molecule has 0 aliphatic heterocycles. The van der Waals surface area contributed by atoms with Crippen molar-refractivity contribution < 1.29 is 0 Å². The molecule has 0 aliphatic carbocycles. The van der Waals surface area contributed by atoms with Crippen molar-refractivity contribution >= 4 is 0 Å². The smallest absolute Gasteiger partial charge is 0.0534 e. The molecule has 0 saturated carbocycles. The molecule has 1 atom stereocenters. The predicted octanol–water partition coefficient (Wildman–Crippen LogP) is 2.99. The fourth-order valence-electron chi connectivity index (χ4n) is 1.85. The molecular formula is C13H25N3. The highest BCUT2D eigenvalue weighted by molar-refractivity contribution is 5.04. The van der Waals surface area contributed by atoms with Gasteiger partial charge in [0.15, 0.2) is 0 Å². The van der Waals surface area contributed by atoms with Crippen LogP contribution < -0.4 is 5.32 Å². The summed E-state index contributed by atoms with van der Waals surface area (Å²) in [6, 6.07) is 1.04. The SMILES string of the molecule is CCC(NCc1cnn(C(C)C)c1)C(C)C. The topological polar surface area (TPSA) is 29.9 Å². The van der Waals surface area contributed by atoms with Crippen molar-refractivity contribution in [2.75, 3.05) is 0 Å². The van der Waals surface area contributed by atoms with E-state index < -0.39 is 0 Å². The van der Waals surface area contributed by atoms with Crippen molar-refractivity contribution in [2.24, 2.45) is 5.92 Å². The van der Waals surface area contributed by atoms with Crippen LogP contribution in [-0.2, 0) is 6.54 Å². The molecule has 1 rings (SSSR count). The minimum absolute atomic E-state index is 0.445. The first-order chi connectivity index (χ1) is 7.54. The number of rotatable bonds is 6. The minimum Gasteiger partial charge on any atom is -0.310 e. The molecule has 16 heavy (non-hydrogen) atoms. The maximum Gasteiger partial charge on any atom is 0.0534 e. The molecule has 0 saturated heterocycles. The Morgan fingerprint density at radius 1 is 1.31 bits per heavy atom. The number of nitrogens with zero attached hydrogens (tertiary/aromatic N) is 2. The molecule has 0 amide bonds. The van der Waals surface area contributed by atoms with Gasteiger partial charge in [-0.25, -0.2) is 0 Å². The van der Waals surface area contributed by atoms with Crippen LogP contribution in [-0.4, -0.2) is 15.8 Å². The fourth-order valence-corrected chi connectivity index (χ4v) is 1.85. The highest BCUT2D eigenvalue weighted by Crippen LogP contribution is 2.08. The van der Waals surface area contributed by atoms with Gasteiger partial charge >= 0.3 is 0 Å². The van der Waals surface area contributed by atoms with E-state index in [1.54, 1.807) is 0 Å². The first kappa shape index (κ1) is 13.2. The summed E-state index contributed by atoms with van der Waals surface area (Å²) >= 11 is 0. The van der Waals surface area contributed by atoms with E-state index in [4.69, 9.17) is 0 Å². The number of aromatic nitrogens is 2. The summed E-state index contributed by atoms with van der Waals surface area (Å²) < 4.78 is 2.01. The molecule has 92 valence electrons. The van der Waals surface area contributed by atoms with Crippen LogP contribution in [0.1, 0.15) is 52.6 Å². The first-order valence-corrected chi connectivity index (χ1v) is 6.31. The molecule has 3 heteroatoms. The van der Waals surface area contributed by atoms with Gasteiger partial charge in [-0.15, -0.1) is 0 Å². The monoisotopic (exact) mass is 223 g/mol. The minimum atomic E-state index is 0.445. The van der Waals surface area contributed by atoms with Crippen LogP contribution in [0, 0.1) is 5.92 Å². The van der Waals surface area contributed by atoms with Crippen LogP contribution in [0.15, 0.2) is 12.4 Å². The highest BCUT2D eigenvalue weighted by Gasteiger charge is 2.10. The predicted molar refractivity (Wildman–Crippen MR) is 68.4 cm³/mol. The molecule has 1 unspecified atom stereocenters. The van der Waals surface area contributed by atoms with E-state index in [0.717, 1.165) is 6.54 Å². The van der Waals surface area contributed by atoms with Gasteiger partial charge in [0.2, 0.25) is 0 Å². The zero-order valence-electron chi connectivity index (χ0n) is 11.2. The van der Waals surface area contributed by atoms with Gasteiger partial charge in [-0.3, -0.25) is 4.68 Å². The molecule has 0 spiro atoms. The largest absolute Gasteiger partial charge is 0.310 e. The summed E-state index contributed by atoms with van der Waals surface area (Å²) in [5.74, 6) is 0.685. The number of hydrogen-bond donors (Lipinski definition) is 1. The van der Waals surface area contributed by atoms with Gasteiger partial charge in [0.05, 0.1) is 6.20 Å². The third kappa shape index (κ3) is 3.63. The molecule has 0 bridgehead atoms. The summed E-state index contributed by atoms with van der Waals surface area (Å²) in [5.41, 5.74) is 1.27. The van der Waals surface area contributed by atoms with E-state index in [-0.39, 0.29) is 0 Å². The van der Waals surface area contributed by atoms with Crippen LogP contribution in [0.25, 0.3) is 0 Å². The zero-order chi connectivity index (χ0) is 12.1. The summed E-state index contributed by atoms with van der Waals surface area (Å²) in [4.78, 5) is 0. The maximum absolute atomic E-state index is 4.34. The molecule has 1 heterocycles. The van der Waals surface area contributed by atoms with Gasteiger partial charge in [0.1, 0.15) is 0 Å². The van der Waals surface area contributed by atoms with Gasteiger partial charge in [-0.2, -0.15) is 5.10 Å². The van der Waals surface area contributed by atoms with Crippen LogP contribution in [0.3, 0.4) is 0 Å². The fraction of sp³-hybridized carbons (Fsp3) is 0.769. The number of nitrogens with one attached hydrogen (secondary N) is 1. The van der Waals surface area contributed by atoms with Gasteiger partial charge in [0, 0.05) is 30.4 Å². The van der Waals surface area contributed by atoms with Crippen LogP contribution in [0.5, 0.6) is 0 Å². The summed E-state index contributed by atoms with van der Waals surface area (Å²) in [5, 5.41) is 7.93. The van der Waals surface area contributed by atoms with Crippen molar-refractivity contribution in [1.82, 2.24) is 15.1 Å². The second-order valence-corrected chi connectivity index (χ2v) is 5.06. The lowest BCUT2D eigenvalue weighted by atomic mass is 10.0. The van der Waals surface area contributed by atoms with Gasteiger partial charge in [-0.1, -0.05) is 20.8 Å². The highest BCUT2D eigenvalue weighted by atomic mass is 15.3. The third-order valence-electron chi connectivity index (χ3n) is 3.00. The molecular weight excluding hydrogens is 198 g/mol. The third-order valence-corrected chi connectivity index (χ3v) is 3.00. The normalized spacial score (nSPS) is 13.7. The first-order valence-electron chi connectivity index (χ1n) is 6.31. The molecule has 0 radical (unpaired) electrons. The lowest BCUT2D eigenvalue weighted by molar-refractivity contribution is 0.387. The summed E-state index contributed by atoms with van der Waals surface area (Å²) in [6.45, 7) is 12.0. The van der Waals surface area contributed by atoms with E-state index in [1.165, 1.54) is 12.0 Å². The van der Waals surface area contributed by atoms with Crippen molar-refractivity contribution in [3.05, 3.63) is 18.0 Å². The average Bonchev–Trinajstić information content (AvgIpc) is 2.67. The van der Waals surface area contributed by atoms with Crippen molar-refractivity contribution in [2.45, 2.75) is 59.7 Å². The van der Waals surface area contributed by atoms with E-state index in [1.807, 2.05) is 10.9 Å². The molecule has 1 N–H and O–H groups in total. The van der Waals surface area contributed by atoms with Gasteiger partial charge in [-0.05, 0) is 26.2 Å². The Labute approximate surface area is 99.2 Å². The molecule has 3 nitrogen and oxygen atoms in total. The Morgan fingerprint density at radius 3 is 2.44 bits per heavy atom. The van der Waals surface area contributed by atoms with Crippen molar-refractivity contribution in [3.63, 3.8) is 0 Å². The number of hydrogen-bond acceptors (Lipinski definition) is 2. The second-order valence-electron chi connectivity index (χ2n) is 5.06. The van der Waals surface area contributed by atoms with Gasteiger partial charge in [0.25, 0.3) is 0 Å². The lowest BCUT2D eigenvalue weighted by Crippen LogP contribution is -2.32. The Morgan fingerprint density at radius 2 is 2.00 bits per heavy atom. The quantitative estimate of drug-likeness (QED) is 0.803. The average molecular weight is 223 g/mol. The van der Waals surface area contributed by atoms with E-state index in [0.29, 0.717) is 18.0 Å². The summed E-state index contributed by atoms with van der Waals surface area (Å²) in [7, 11) is 0. The van der Waals surface area contributed by atoms with Crippen LogP contribution in [0.4, 0.5) is 0 Å². The zero-order valence-corrected chi connectivity index (χ0v) is 11.2. The molecule has 1 aromatic rings. The van der Waals surface area contributed by atoms with Crippen molar-refractivity contribution in [3.8, 4) is 0 Å². The van der Waals surface area contributed by atoms with E-state index in [9.17, 15) is 0 Å². The lowest BCUT2D eigenvalue weighted by Gasteiger charge is -2.20. The Balaban J connectivity index is 2.47. The van der Waals surface area contributed by atoms with Crippen LogP contribution >= 0.6 is 0 Å². The molecule has 0 aromatic carbocycles. The Kier molecular flexibility index (Phi) is 5.00. The molecule has 1 aromatic heterocycles.